The SMILES string of the molecule is C/C(=C\Nc1cc(C)cc(C)c1)c1ccccc1. The van der Waals surface area contributed by atoms with Crippen LogP contribution in [0.2, 0.25) is 0 Å². The molecule has 0 saturated heterocycles. The standard InChI is InChI=1S/C17H19N/c1-13-9-14(2)11-17(10-13)18-12-15(3)16-7-5-4-6-8-16/h4-12,18H,1-3H3/b15-12+. The molecule has 0 saturated carbocycles. The van der Waals surface area contributed by atoms with Gasteiger partial charge >= 0.3 is 0 Å². The van der Waals surface area contributed by atoms with Crippen molar-refractivity contribution in [2.24, 2.45) is 0 Å². The Morgan fingerprint density at radius 1 is 0.944 bits per heavy atom. The molecule has 0 radical (unpaired) electrons. The largest absolute Gasteiger partial charge is 0.361 e. The summed E-state index contributed by atoms with van der Waals surface area (Å²) in [4.78, 5) is 0. The molecule has 2 aromatic carbocycles. The zero-order valence-corrected chi connectivity index (χ0v) is 11.2. The van der Waals surface area contributed by atoms with Crippen LogP contribution in [0.3, 0.4) is 0 Å². The molecule has 0 aliphatic carbocycles. The van der Waals surface area contributed by atoms with Crippen LogP contribution in [0.5, 0.6) is 0 Å². The lowest BCUT2D eigenvalue weighted by Gasteiger charge is -2.06. The molecular weight excluding hydrogens is 218 g/mol. The molecule has 1 heteroatoms. The monoisotopic (exact) mass is 237 g/mol. The molecule has 2 aromatic rings. The number of aryl methyl sites for hydroxylation is 2. The highest BCUT2D eigenvalue weighted by atomic mass is 14.8. The van der Waals surface area contributed by atoms with Gasteiger partial charge in [0.15, 0.2) is 0 Å². The highest BCUT2D eigenvalue weighted by Crippen LogP contribution is 2.16. The minimum atomic E-state index is 1.14. The summed E-state index contributed by atoms with van der Waals surface area (Å²) in [6.45, 7) is 6.35. The maximum Gasteiger partial charge on any atom is 0.0385 e. The van der Waals surface area contributed by atoms with Gasteiger partial charge in [0.25, 0.3) is 0 Å². The smallest absolute Gasteiger partial charge is 0.0385 e. The third-order valence-electron chi connectivity index (χ3n) is 2.91. The molecule has 1 N–H and O–H groups in total. The Morgan fingerprint density at radius 3 is 2.17 bits per heavy atom. The molecule has 18 heavy (non-hydrogen) atoms. The van der Waals surface area contributed by atoms with E-state index in [4.69, 9.17) is 0 Å². The highest BCUT2D eigenvalue weighted by molar-refractivity contribution is 5.66. The summed E-state index contributed by atoms with van der Waals surface area (Å²) < 4.78 is 0. The van der Waals surface area contributed by atoms with Crippen molar-refractivity contribution < 1.29 is 0 Å². The normalized spacial score (nSPS) is 11.4. The topological polar surface area (TPSA) is 12.0 Å². The molecule has 0 atom stereocenters. The Kier molecular flexibility index (Phi) is 3.83. The second-order valence-electron chi connectivity index (χ2n) is 4.71. The Bertz CT molecular complexity index is 533. The van der Waals surface area contributed by atoms with E-state index in [-0.39, 0.29) is 0 Å². The lowest BCUT2D eigenvalue weighted by atomic mass is 10.1. The van der Waals surface area contributed by atoms with Gasteiger partial charge < -0.3 is 5.32 Å². The van der Waals surface area contributed by atoms with Gasteiger partial charge in [-0.3, -0.25) is 0 Å². The van der Waals surface area contributed by atoms with Crippen LogP contribution in [0.1, 0.15) is 23.6 Å². The van der Waals surface area contributed by atoms with E-state index in [1.165, 1.54) is 22.3 Å². The highest BCUT2D eigenvalue weighted by Gasteiger charge is 1.96. The van der Waals surface area contributed by atoms with Crippen LogP contribution in [0.25, 0.3) is 5.57 Å². The van der Waals surface area contributed by atoms with Crippen molar-refractivity contribution in [1.82, 2.24) is 0 Å². The molecule has 0 amide bonds. The minimum Gasteiger partial charge on any atom is -0.361 e. The summed E-state index contributed by atoms with van der Waals surface area (Å²) in [5, 5.41) is 3.36. The first kappa shape index (κ1) is 12.4. The van der Waals surface area contributed by atoms with Crippen molar-refractivity contribution in [3.63, 3.8) is 0 Å². The van der Waals surface area contributed by atoms with Crippen LogP contribution in [0, 0.1) is 13.8 Å². The van der Waals surface area contributed by atoms with E-state index >= 15 is 0 Å². The summed E-state index contributed by atoms with van der Waals surface area (Å²) in [6.07, 6.45) is 2.06. The molecule has 1 nitrogen and oxygen atoms in total. The van der Waals surface area contributed by atoms with Crippen molar-refractivity contribution >= 4 is 11.3 Å². The molecule has 0 heterocycles. The fraction of sp³-hybridized carbons (Fsp3) is 0.176. The molecule has 0 spiro atoms. The van der Waals surface area contributed by atoms with Crippen molar-refractivity contribution in [3.05, 3.63) is 71.4 Å². The Hall–Kier alpha value is -2.02. The average molecular weight is 237 g/mol. The third kappa shape index (κ3) is 3.24. The summed E-state index contributed by atoms with van der Waals surface area (Å²) in [6, 6.07) is 16.9. The number of rotatable bonds is 3. The number of benzene rings is 2. The number of anilines is 1. The fourth-order valence-electron chi connectivity index (χ4n) is 2.03. The summed E-state index contributed by atoms with van der Waals surface area (Å²) in [5.74, 6) is 0. The van der Waals surface area contributed by atoms with E-state index in [2.05, 4.69) is 74.8 Å². The van der Waals surface area contributed by atoms with Crippen molar-refractivity contribution in [2.45, 2.75) is 20.8 Å². The van der Waals surface area contributed by atoms with Gasteiger partial charge in [-0.1, -0.05) is 36.4 Å². The van der Waals surface area contributed by atoms with Gasteiger partial charge in [0.2, 0.25) is 0 Å². The predicted octanol–water partition coefficient (Wildman–Crippen LogP) is 4.78. The second kappa shape index (κ2) is 5.54. The van der Waals surface area contributed by atoms with Gasteiger partial charge in [0.05, 0.1) is 0 Å². The second-order valence-corrected chi connectivity index (χ2v) is 4.71. The van der Waals surface area contributed by atoms with Crippen LogP contribution in [-0.2, 0) is 0 Å². The van der Waals surface area contributed by atoms with Gasteiger partial charge in [-0.2, -0.15) is 0 Å². The quantitative estimate of drug-likeness (QED) is 0.810. The minimum absolute atomic E-state index is 1.14. The Labute approximate surface area is 109 Å². The van der Waals surface area contributed by atoms with Gasteiger partial charge in [0, 0.05) is 11.9 Å². The van der Waals surface area contributed by atoms with E-state index in [1.807, 2.05) is 6.07 Å². The van der Waals surface area contributed by atoms with E-state index < -0.39 is 0 Å². The van der Waals surface area contributed by atoms with E-state index in [1.54, 1.807) is 0 Å². The summed E-state index contributed by atoms with van der Waals surface area (Å²) in [7, 11) is 0. The predicted molar refractivity (Wildman–Crippen MR) is 79.6 cm³/mol. The van der Waals surface area contributed by atoms with E-state index in [9.17, 15) is 0 Å². The molecule has 0 bridgehead atoms. The lowest BCUT2D eigenvalue weighted by Crippen LogP contribution is -1.91. The Balaban J connectivity index is 2.15. The van der Waals surface area contributed by atoms with Crippen LogP contribution < -0.4 is 5.32 Å². The fourth-order valence-corrected chi connectivity index (χ4v) is 2.03. The molecule has 0 fully saturated rings. The molecule has 0 aliphatic rings. The summed E-state index contributed by atoms with van der Waals surface area (Å²) >= 11 is 0. The van der Waals surface area contributed by atoms with Crippen LogP contribution in [-0.4, -0.2) is 0 Å². The zero-order valence-electron chi connectivity index (χ0n) is 11.2. The maximum atomic E-state index is 3.36. The zero-order chi connectivity index (χ0) is 13.0. The van der Waals surface area contributed by atoms with Gasteiger partial charge in [0.1, 0.15) is 0 Å². The first-order chi connectivity index (χ1) is 8.65. The molecular formula is C17H19N. The van der Waals surface area contributed by atoms with Crippen molar-refractivity contribution in [2.75, 3.05) is 5.32 Å². The Morgan fingerprint density at radius 2 is 1.56 bits per heavy atom. The van der Waals surface area contributed by atoms with E-state index in [0.29, 0.717) is 0 Å². The maximum absolute atomic E-state index is 3.36. The van der Waals surface area contributed by atoms with Crippen molar-refractivity contribution in [3.8, 4) is 0 Å². The number of hydrogen-bond donors (Lipinski definition) is 1. The lowest BCUT2D eigenvalue weighted by molar-refractivity contribution is 1.37. The van der Waals surface area contributed by atoms with Gasteiger partial charge in [-0.25, -0.2) is 0 Å². The molecule has 2 rings (SSSR count). The molecule has 0 aliphatic heterocycles. The van der Waals surface area contributed by atoms with E-state index in [0.717, 1.165) is 5.69 Å². The van der Waals surface area contributed by atoms with Crippen LogP contribution in [0.4, 0.5) is 5.69 Å². The number of hydrogen-bond acceptors (Lipinski definition) is 1. The van der Waals surface area contributed by atoms with Crippen LogP contribution >= 0.6 is 0 Å². The number of allylic oxidation sites excluding steroid dienone is 1. The van der Waals surface area contributed by atoms with Crippen molar-refractivity contribution in [1.29, 1.82) is 0 Å². The molecule has 0 unspecified atom stereocenters. The first-order valence-corrected chi connectivity index (χ1v) is 6.22. The van der Waals surface area contributed by atoms with Crippen LogP contribution in [0.15, 0.2) is 54.7 Å². The van der Waals surface area contributed by atoms with Gasteiger partial charge in [-0.05, 0) is 55.2 Å². The summed E-state index contributed by atoms with van der Waals surface area (Å²) in [5.41, 5.74) is 6.18. The third-order valence-corrected chi connectivity index (χ3v) is 2.91. The molecule has 0 aromatic heterocycles. The molecule has 92 valence electrons. The number of nitrogens with one attached hydrogen (secondary N) is 1. The first-order valence-electron chi connectivity index (χ1n) is 6.22. The average Bonchev–Trinajstić information content (AvgIpc) is 2.36. The van der Waals surface area contributed by atoms with Gasteiger partial charge in [-0.15, -0.1) is 0 Å².